The third-order valence-electron chi connectivity index (χ3n) is 4.80. The quantitative estimate of drug-likeness (QED) is 0.780. The molecule has 3 aromatic heterocycles. The van der Waals surface area contributed by atoms with E-state index in [-0.39, 0.29) is 11.9 Å². The molecule has 1 atom stereocenters. The monoisotopic (exact) mass is 353 g/mol. The Morgan fingerprint density at radius 2 is 2.04 bits per heavy atom. The maximum Gasteiger partial charge on any atom is 0.242 e. The predicted molar refractivity (Wildman–Crippen MR) is 101 cm³/mol. The van der Waals surface area contributed by atoms with Crippen LogP contribution in [0.15, 0.2) is 36.9 Å². The van der Waals surface area contributed by atoms with Gasteiger partial charge >= 0.3 is 0 Å². The summed E-state index contributed by atoms with van der Waals surface area (Å²) in [4.78, 5) is 23.4. The molecule has 1 unspecified atom stereocenters. The van der Waals surface area contributed by atoms with Crippen molar-refractivity contribution in [1.82, 2.24) is 24.6 Å². The van der Waals surface area contributed by atoms with Gasteiger partial charge in [0.2, 0.25) is 5.91 Å². The molecule has 1 N–H and O–H groups in total. The number of pyridine rings is 2. The normalized spacial score (nSPS) is 18.3. The van der Waals surface area contributed by atoms with Gasteiger partial charge in [-0.15, -0.1) is 0 Å². The molecule has 1 saturated heterocycles. The highest BCUT2D eigenvalue weighted by Gasteiger charge is 2.24. The first-order chi connectivity index (χ1) is 13.8. The molecule has 0 aromatic carbocycles. The van der Waals surface area contributed by atoms with Gasteiger partial charge in [-0.1, -0.05) is 0 Å². The Kier molecular flexibility index (Phi) is 3.53. The molecule has 0 bridgehead atoms. The summed E-state index contributed by atoms with van der Waals surface area (Å²) in [5.74, 6) is 0.382. The lowest BCUT2D eigenvalue weighted by atomic mass is 10.1. The fraction of sp³-hybridized carbons (Fsp3) is 0.368. The summed E-state index contributed by atoms with van der Waals surface area (Å²) in [5.41, 5.74) is 2.07. The number of fused-ring (bicyclic) bond motifs is 1. The number of hydrogen-bond acceptors (Lipinski definition) is 5. The predicted octanol–water partition coefficient (Wildman–Crippen LogP) is 2.45. The number of rotatable bonds is 4. The SMILES string of the molecule is [2H]C([2H])([2H])n1cc(-c2cnc3cnc(NC(=O)C(C)N4CCCC4)cc3c2)cn1. The van der Waals surface area contributed by atoms with Crippen LogP contribution < -0.4 is 5.32 Å². The maximum atomic E-state index is 12.5. The zero-order valence-electron chi connectivity index (χ0n) is 17.5. The van der Waals surface area contributed by atoms with E-state index in [4.69, 9.17) is 4.11 Å². The average Bonchev–Trinajstić information content (AvgIpc) is 3.38. The first-order valence-electron chi connectivity index (χ1n) is 10.2. The molecular weight excluding hydrogens is 328 g/mol. The molecule has 134 valence electrons. The van der Waals surface area contributed by atoms with Crippen molar-refractivity contribution in [2.24, 2.45) is 6.98 Å². The molecule has 4 heterocycles. The number of aromatic nitrogens is 4. The lowest BCUT2D eigenvalue weighted by molar-refractivity contribution is -0.120. The summed E-state index contributed by atoms with van der Waals surface area (Å²) in [6.45, 7) is 1.47. The van der Waals surface area contributed by atoms with Gasteiger partial charge in [-0.05, 0) is 45.0 Å². The number of amides is 1. The Morgan fingerprint density at radius 1 is 1.19 bits per heavy atom. The minimum atomic E-state index is -2.32. The number of carbonyl (C=O) groups excluding carboxylic acids is 1. The van der Waals surface area contributed by atoms with Crippen molar-refractivity contribution in [2.45, 2.75) is 25.8 Å². The van der Waals surface area contributed by atoms with Gasteiger partial charge in [0, 0.05) is 40.0 Å². The van der Waals surface area contributed by atoms with E-state index in [1.807, 2.05) is 13.0 Å². The Bertz CT molecular complexity index is 1040. The van der Waals surface area contributed by atoms with Gasteiger partial charge in [0.05, 0.1) is 24.0 Å². The molecule has 7 nitrogen and oxygen atoms in total. The highest BCUT2D eigenvalue weighted by atomic mass is 16.2. The Labute approximate surface area is 156 Å². The number of anilines is 1. The second-order valence-electron chi connectivity index (χ2n) is 6.57. The number of aryl methyl sites for hydroxylation is 1. The molecule has 7 heteroatoms. The van der Waals surface area contributed by atoms with E-state index in [1.165, 1.54) is 12.4 Å². The molecule has 1 fully saturated rings. The van der Waals surface area contributed by atoms with Crippen LogP contribution in [0.5, 0.6) is 0 Å². The number of hydrogen-bond donors (Lipinski definition) is 1. The largest absolute Gasteiger partial charge is 0.309 e. The second kappa shape index (κ2) is 6.84. The van der Waals surface area contributed by atoms with Crippen LogP contribution in [0.25, 0.3) is 22.0 Å². The Hall–Kier alpha value is -2.80. The minimum absolute atomic E-state index is 0.0817. The van der Waals surface area contributed by atoms with Crippen molar-refractivity contribution in [1.29, 1.82) is 0 Å². The second-order valence-corrected chi connectivity index (χ2v) is 6.57. The molecular formula is C19H22N6O. The van der Waals surface area contributed by atoms with Crippen molar-refractivity contribution >= 4 is 22.6 Å². The van der Waals surface area contributed by atoms with Gasteiger partial charge in [0.25, 0.3) is 0 Å². The van der Waals surface area contributed by atoms with Crippen molar-refractivity contribution in [3.05, 3.63) is 36.9 Å². The minimum Gasteiger partial charge on any atom is -0.309 e. The first-order valence-corrected chi connectivity index (χ1v) is 8.67. The summed E-state index contributed by atoms with van der Waals surface area (Å²) >= 11 is 0. The third kappa shape index (κ3) is 3.30. The lowest BCUT2D eigenvalue weighted by Crippen LogP contribution is -2.40. The van der Waals surface area contributed by atoms with Gasteiger partial charge in [-0.25, -0.2) is 4.98 Å². The van der Waals surface area contributed by atoms with Gasteiger partial charge < -0.3 is 5.32 Å². The van der Waals surface area contributed by atoms with E-state index in [9.17, 15) is 4.79 Å². The van der Waals surface area contributed by atoms with Crippen molar-refractivity contribution in [3.8, 4) is 11.1 Å². The van der Waals surface area contributed by atoms with Gasteiger partial charge in [-0.3, -0.25) is 19.4 Å². The van der Waals surface area contributed by atoms with Crippen LogP contribution in [0.4, 0.5) is 5.82 Å². The van der Waals surface area contributed by atoms with Crippen LogP contribution in [-0.2, 0) is 11.8 Å². The summed E-state index contributed by atoms with van der Waals surface area (Å²) in [7, 11) is 0. The van der Waals surface area contributed by atoms with Crippen molar-refractivity contribution in [2.75, 3.05) is 18.4 Å². The summed E-state index contributed by atoms with van der Waals surface area (Å²) < 4.78 is 23.3. The molecule has 26 heavy (non-hydrogen) atoms. The van der Waals surface area contributed by atoms with Gasteiger partial charge in [0.15, 0.2) is 0 Å². The van der Waals surface area contributed by atoms with Crippen LogP contribution in [0.1, 0.15) is 23.9 Å². The van der Waals surface area contributed by atoms with E-state index in [0.717, 1.165) is 41.6 Å². The van der Waals surface area contributed by atoms with Gasteiger partial charge in [0.1, 0.15) is 5.82 Å². The first kappa shape index (κ1) is 13.4. The molecule has 0 radical (unpaired) electrons. The maximum absolute atomic E-state index is 12.5. The van der Waals surface area contributed by atoms with Crippen molar-refractivity contribution < 1.29 is 8.91 Å². The standard InChI is InChI=1S/C19H22N6O/c1-13(25-5-3-4-6-25)19(26)23-18-8-14-7-15(9-20-17(14)11-21-18)16-10-22-24(2)12-16/h7-13H,3-6H2,1-2H3,(H,21,23,26)/i2D3. The third-order valence-corrected chi connectivity index (χ3v) is 4.80. The molecule has 1 aliphatic rings. The number of nitrogens with zero attached hydrogens (tertiary/aromatic N) is 5. The van der Waals surface area contributed by atoms with Crippen molar-refractivity contribution in [3.63, 3.8) is 0 Å². The Morgan fingerprint density at radius 3 is 2.81 bits per heavy atom. The topological polar surface area (TPSA) is 75.9 Å². The fourth-order valence-electron chi connectivity index (χ4n) is 3.25. The number of nitrogens with one attached hydrogen (secondary N) is 1. The zero-order chi connectivity index (χ0) is 20.6. The molecule has 4 rings (SSSR count). The average molecular weight is 353 g/mol. The highest BCUT2D eigenvalue weighted by Crippen LogP contribution is 2.23. The summed E-state index contributed by atoms with van der Waals surface area (Å²) in [6, 6.07) is 3.45. The lowest BCUT2D eigenvalue weighted by Gasteiger charge is -2.22. The molecule has 3 aromatic rings. The van der Waals surface area contributed by atoms with Crippen LogP contribution in [0, 0.1) is 0 Å². The van der Waals surface area contributed by atoms with E-state index in [1.54, 1.807) is 18.5 Å². The molecule has 0 saturated carbocycles. The van der Waals surface area contributed by atoms with Crippen LogP contribution >= 0.6 is 0 Å². The molecule has 0 spiro atoms. The molecule has 1 amide bonds. The fourth-order valence-corrected chi connectivity index (χ4v) is 3.25. The van der Waals surface area contributed by atoms with Crippen LogP contribution in [-0.4, -0.2) is 49.7 Å². The van der Waals surface area contributed by atoms with Crippen LogP contribution in [0.2, 0.25) is 0 Å². The summed E-state index contributed by atoms with van der Waals surface area (Å²) in [5, 5.41) is 7.59. The van der Waals surface area contributed by atoms with E-state index < -0.39 is 6.98 Å². The van der Waals surface area contributed by atoms with E-state index in [0.29, 0.717) is 16.9 Å². The van der Waals surface area contributed by atoms with E-state index in [2.05, 4.69) is 25.3 Å². The van der Waals surface area contributed by atoms with Crippen LogP contribution in [0.3, 0.4) is 0 Å². The summed E-state index contributed by atoms with van der Waals surface area (Å²) in [6.07, 6.45) is 8.48. The van der Waals surface area contributed by atoms with E-state index >= 15 is 0 Å². The number of likely N-dealkylation sites (tertiary alicyclic amines) is 1. The number of carbonyl (C=O) groups is 1. The highest BCUT2D eigenvalue weighted by molar-refractivity contribution is 5.95. The Balaban J connectivity index is 1.56. The molecule has 1 aliphatic heterocycles. The zero-order valence-corrected chi connectivity index (χ0v) is 14.5. The molecule has 0 aliphatic carbocycles. The van der Waals surface area contributed by atoms with Gasteiger partial charge in [-0.2, -0.15) is 5.10 Å². The smallest absolute Gasteiger partial charge is 0.242 e.